The van der Waals surface area contributed by atoms with Gasteiger partial charge < -0.3 is 15.5 Å². The van der Waals surface area contributed by atoms with Gasteiger partial charge in [0.15, 0.2) is 5.69 Å². The zero-order valence-corrected chi connectivity index (χ0v) is 16.6. The largest absolute Gasteiger partial charge is 0.378 e. The van der Waals surface area contributed by atoms with Gasteiger partial charge >= 0.3 is 0 Å². The van der Waals surface area contributed by atoms with Gasteiger partial charge in [-0.25, -0.2) is 4.98 Å². The number of anilines is 2. The molecule has 0 radical (unpaired) electrons. The van der Waals surface area contributed by atoms with Crippen LogP contribution in [0, 0.1) is 5.92 Å². The highest BCUT2D eigenvalue weighted by molar-refractivity contribution is 6.06. The molecule has 0 spiro atoms. The molecule has 0 saturated carbocycles. The third-order valence-corrected chi connectivity index (χ3v) is 4.28. The van der Waals surface area contributed by atoms with Gasteiger partial charge in [0.05, 0.1) is 5.52 Å². The quantitative estimate of drug-likeness (QED) is 0.690. The van der Waals surface area contributed by atoms with E-state index in [0.29, 0.717) is 23.7 Å². The Bertz CT molecular complexity index is 990. The van der Waals surface area contributed by atoms with Crippen molar-refractivity contribution in [1.29, 1.82) is 0 Å². The summed E-state index contributed by atoms with van der Waals surface area (Å²) in [5.41, 5.74) is 2.54. The van der Waals surface area contributed by atoms with Crippen LogP contribution < -0.4 is 15.5 Å². The number of benzene rings is 1. The Hall–Kier alpha value is -3.35. The van der Waals surface area contributed by atoms with E-state index in [1.165, 1.54) is 0 Å². The number of aromatic nitrogens is 2. The van der Waals surface area contributed by atoms with Gasteiger partial charge in [-0.05, 0) is 42.3 Å². The number of carbonyl (C=O) groups excluding carboxylic acids is 2. The number of amides is 2. The van der Waals surface area contributed by atoms with E-state index < -0.39 is 0 Å². The summed E-state index contributed by atoms with van der Waals surface area (Å²) < 4.78 is 1.63. The topological polar surface area (TPSA) is 78.7 Å². The molecule has 2 aromatic heterocycles. The summed E-state index contributed by atoms with van der Waals surface area (Å²) in [5.74, 6) is -0.166. The minimum atomic E-state index is -0.373. The van der Waals surface area contributed by atoms with Crippen molar-refractivity contribution in [3.8, 4) is 0 Å². The smallest absolute Gasteiger partial charge is 0.292 e. The van der Waals surface area contributed by atoms with Crippen LogP contribution >= 0.6 is 0 Å². The first-order valence-electron chi connectivity index (χ1n) is 9.21. The lowest BCUT2D eigenvalue weighted by molar-refractivity contribution is 0.0946. The third-order valence-electron chi connectivity index (χ3n) is 4.28. The maximum atomic E-state index is 12.8. The van der Waals surface area contributed by atoms with Gasteiger partial charge in [-0.1, -0.05) is 19.9 Å². The van der Waals surface area contributed by atoms with Crippen LogP contribution in [0.4, 0.5) is 11.4 Å². The number of nitrogens with zero attached hydrogens (tertiary/aromatic N) is 3. The highest BCUT2D eigenvalue weighted by Crippen LogP contribution is 2.18. The van der Waals surface area contributed by atoms with Gasteiger partial charge in [-0.15, -0.1) is 0 Å². The molecule has 0 aliphatic carbocycles. The van der Waals surface area contributed by atoms with Crippen LogP contribution in [0.25, 0.3) is 5.52 Å². The monoisotopic (exact) mass is 379 g/mol. The lowest BCUT2D eigenvalue weighted by atomic mass is 10.2. The number of hydrogen-bond donors (Lipinski definition) is 2. The Kier molecular flexibility index (Phi) is 5.63. The molecule has 28 heavy (non-hydrogen) atoms. The van der Waals surface area contributed by atoms with Gasteiger partial charge in [-0.2, -0.15) is 0 Å². The van der Waals surface area contributed by atoms with Crippen molar-refractivity contribution in [2.45, 2.75) is 13.8 Å². The Morgan fingerprint density at radius 1 is 1.07 bits per heavy atom. The zero-order chi connectivity index (χ0) is 20.3. The van der Waals surface area contributed by atoms with Gasteiger partial charge in [0, 0.05) is 38.2 Å². The molecule has 3 rings (SSSR count). The van der Waals surface area contributed by atoms with Gasteiger partial charge in [0.1, 0.15) is 0 Å². The van der Waals surface area contributed by atoms with E-state index in [4.69, 9.17) is 0 Å². The van der Waals surface area contributed by atoms with E-state index in [1.807, 2.05) is 63.2 Å². The Morgan fingerprint density at radius 3 is 2.43 bits per heavy atom. The van der Waals surface area contributed by atoms with Crippen molar-refractivity contribution in [3.05, 3.63) is 60.2 Å². The fraction of sp³-hybridized carbons (Fsp3) is 0.286. The standard InChI is InChI=1S/C21H25N5O2/c1-14(2)13-22-20(27)18-17-7-5-6-12-26(17)19(24-18)21(28)23-15-8-10-16(11-9-15)25(3)4/h5-12,14H,13H2,1-4H3,(H,22,27)(H,23,28). The van der Waals surface area contributed by atoms with Crippen molar-refractivity contribution in [1.82, 2.24) is 14.7 Å². The summed E-state index contributed by atoms with van der Waals surface area (Å²) in [4.78, 5) is 31.7. The van der Waals surface area contributed by atoms with E-state index in [0.717, 1.165) is 5.69 Å². The fourth-order valence-electron chi connectivity index (χ4n) is 2.78. The fourth-order valence-corrected chi connectivity index (χ4v) is 2.78. The molecule has 146 valence electrons. The molecular weight excluding hydrogens is 354 g/mol. The predicted octanol–water partition coefficient (Wildman–Crippen LogP) is 3.04. The van der Waals surface area contributed by atoms with Gasteiger partial charge in [-0.3, -0.25) is 14.0 Å². The predicted molar refractivity (Wildman–Crippen MR) is 111 cm³/mol. The highest BCUT2D eigenvalue weighted by Gasteiger charge is 2.21. The number of imidazole rings is 1. The van der Waals surface area contributed by atoms with Crippen molar-refractivity contribution in [2.75, 3.05) is 30.9 Å². The number of nitrogens with one attached hydrogen (secondary N) is 2. The second-order valence-electron chi connectivity index (χ2n) is 7.24. The first-order chi connectivity index (χ1) is 13.4. The average molecular weight is 379 g/mol. The molecule has 2 N–H and O–H groups in total. The summed E-state index contributed by atoms with van der Waals surface area (Å²) in [5, 5.41) is 5.70. The average Bonchev–Trinajstić information content (AvgIpc) is 3.06. The van der Waals surface area contributed by atoms with Crippen LogP contribution in [0.3, 0.4) is 0 Å². The van der Waals surface area contributed by atoms with E-state index >= 15 is 0 Å². The van der Waals surface area contributed by atoms with E-state index in [-0.39, 0.29) is 23.3 Å². The third kappa shape index (κ3) is 4.14. The molecule has 0 saturated heterocycles. The minimum absolute atomic E-state index is 0.169. The maximum absolute atomic E-state index is 12.8. The first kappa shape index (κ1) is 19.4. The molecule has 1 aromatic carbocycles. The highest BCUT2D eigenvalue weighted by atomic mass is 16.2. The summed E-state index contributed by atoms with van der Waals surface area (Å²) in [6.07, 6.45) is 1.73. The number of hydrogen-bond acceptors (Lipinski definition) is 4. The number of pyridine rings is 1. The van der Waals surface area contributed by atoms with Crippen molar-refractivity contribution in [2.24, 2.45) is 5.92 Å². The van der Waals surface area contributed by atoms with Crippen molar-refractivity contribution in [3.63, 3.8) is 0 Å². The number of carbonyl (C=O) groups is 2. The van der Waals surface area contributed by atoms with E-state index in [9.17, 15) is 9.59 Å². The second kappa shape index (κ2) is 8.12. The minimum Gasteiger partial charge on any atom is -0.378 e. The Balaban J connectivity index is 1.87. The lowest BCUT2D eigenvalue weighted by Gasteiger charge is -2.12. The molecular formula is C21H25N5O2. The molecule has 7 nitrogen and oxygen atoms in total. The molecule has 2 amide bonds. The molecule has 0 fully saturated rings. The van der Waals surface area contributed by atoms with Crippen LogP contribution in [0.1, 0.15) is 35.0 Å². The van der Waals surface area contributed by atoms with Gasteiger partial charge in [0.25, 0.3) is 11.8 Å². The summed E-state index contributed by atoms with van der Waals surface area (Å²) in [6, 6.07) is 12.9. The van der Waals surface area contributed by atoms with E-state index in [2.05, 4.69) is 15.6 Å². The van der Waals surface area contributed by atoms with Crippen molar-refractivity contribution < 1.29 is 9.59 Å². The molecule has 0 bridgehead atoms. The van der Waals surface area contributed by atoms with Gasteiger partial charge in [0.2, 0.25) is 5.82 Å². The van der Waals surface area contributed by atoms with E-state index in [1.54, 1.807) is 22.7 Å². The summed E-state index contributed by atoms with van der Waals surface area (Å²) in [7, 11) is 3.91. The molecule has 0 unspecified atom stereocenters. The zero-order valence-electron chi connectivity index (χ0n) is 16.6. The normalized spacial score (nSPS) is 10.9. The Morgan fingerprint density at radius 2 is 1.79 bits per heavy atom. The first-order valence-corrected chi connectivity index (χ1v) is 9.21. The van der Waals surface area contributed by atoms with Crippen molar-refractivity contribution >= 4 is 28.7 Å². The number of fused-ring (bicyclic) bond motifs is 1. The molecule has 0 aliphatic heterocycles. The molecule has 0 atom stereocenters. The second-order valence-corrected chi connectivity index (χ2v) is 7.24. The molecule has 2 heterocycles. The molecule has 0 aliphatic rings. The maximum Gasteiger partial charge on any atom is 0.292 e. The van der Waals surface area contributed by atoms with Crippen LogP contribution in [0.2, 0.25) is 0 Å². The summed E-state index contributed by atoms with van der Waals surface area (Å²) >= 11 is 0. The Labute approximate surface area is 164 Å². The van der Waals surface area contributed by atoms with Crippen LogP contribution in [-0.4, -0.2) is 41.8 Å². The molecule has 3 aromatic rings. The summed E-state index contributed by atoms with van der Waals surface area (Å²) in [6.45, 7) is 4.59. The molecule has 7 heteroatoms. The van der Waals surface area contributed by atoms with Crippen LogP contribution in [0.15, 0.2) is 48.7 Å². The SMILES string of the molecule is CC(C)CNC(=O)c1nc(C(=O)Nc2ccc(N(C)C)cc2)n2ccccc12. The lowest BCUT2D eigenvalue weighted by Crippen LogP contribution is -2.27. The van der Waals surface area contributed by atoms with Crippen LogP contribution in [0.5, 0.6) is 0 Å². The van der Waals surface area contributed by atoms with Crippen LogP contribution in [-0.2, 0) is 0 Å². The number of rotatable bonds is 6.